The number of hydrogen-bond donors (Lipinski definition) is 0. The fourth-order valence-electron chi connectivity index (χ4n) is 3.02. The molecule has 23 heavy (non-hydrogen) atoms. The lowest BCUT2D eigenvalue weighted by Crippen LogP contribution is -2.51. The Bertz CT molecular complexity index is 737. The fourth-order valence-corrected chi connectivity index (χ4v) is 3.02. The van der Waals surface area contributed by atoms with E-state index in [0.29, 0.717) is 13.1 Å². The first kappa shape index (κ1) is 15.5. The Kier molecular flexibility index (Phi) is 4.02. The van der Waals surface area contributed by atoms with Crippen LogP contribution in [0, 0.1) is 13.8 Å². The third-order valence-electron chi connectivity index (χ3n) is 4.14. The highest BCUT2D eigenvalue weighted by Gasteiger charge is 2.24. The lowest BCUT2D eigenvalue weighted by Gasteiger charge is -2.36. The molecule has 0 aliphatic carbocycles. The molecule has 1 aliphatic heterocycles. The zero-order chi connectivity index (χ0) is 16.6. The second-order valence-electron chi connectivity index (χ2n) is 6.13. The van der Waals surface area contributed by atoms with Gasteiger partial charge in [-0.3, -0.25) is 0 Å². The normalized spacial score (nSPS) is 15.1. The zero-order valence-electron chi connectivity index (χ0n) is 14.1. The molecule has 122 valence electrons. The molecule has 1 saturated heterocycles. The fraction of sp³-hybridized carbons (Fsp3) is 0.500. The average molecular weight is 314 g/mol. The quantitative estimate of drug-likeness (QED) is 0.797. The summed E-state index contributed by atoms with van der Waals surface area (Å²) in [6.45, 7) is 6.95. The predicted octanol–water partition coefficient (Wildman–Crippen LogP) is 1.45. The topological polar surface area (TPSA) is 65.5 Å². The van der Waals surface area contributed by atoms with Crippen LogP contribution in [0.4, 0.5) is 10.6 Å². The van der Waals surface area contributed by atoms with Gasteiger partial charge in [0.2, 0.25) is 0 Å². The maximum atomic E-state index is 12.0. The lowest BCUT2D eigenvalue weighted by molar-refractivity contribution is 0.168. The average Bonchev–Trinajstić information content (AvgIpc) is 2.53. The number of aryl methyl sites for hydroxylation is 2. The number of pyridine rings is 1. The van der Waals surface area contributed by atoms with E-state index in [1.807, 2.05) is 11.8 Å². The molecule has 0 saturated carbocycles. The minimum absolute atomic E-state index is 0.0608. The molecule has 2 amide bonds. The van der Waals surface area contributed by atoms with Gasteiger partial charge in [0.15, 0.2) is 5.65 Å². The molecule has 0 N–H and O–H groups in total. The van der Waals surface area contributed by atoms with E-state index in [1.165, 1.54) is 0 Å². The number of rotatable bonds is 1. The van der Waals surface area contributed by atoms with Gasteiger partial charge in [-0.1, -0.05) is 0 Å². The standard InChI is InChI=1S/C16H22N6O/c1-11-9-12(2)19-14-13(11)15(18-10-17-14)21-5-7-22(8-6-21)16(23)20(3)4/h9-10H,5-8H2,1-4H3. The van der Waals surface area contributed by atoms with E-state index in [9.17, 15) is 4.79 Å². The van der Waals surface area contributed by atoms with Gasteiger partial charge in [-0.05, 0) is 25.5 Å². The first-order chi connectivity index (χ1) is 11.0. The van der Waals surface area contributed by atoms with E-state index in [4.69, 9.17) is 0 Å². The van der Waals surface area contributed by atoms with Crippen LogP contribution in [-0.2, 0) is 0 Å². The predicted molar refractivity (Wildman–Crippen MR) is 89.7 cm³/mol. The minimum atomic E-state index is 0.0608. The van der Waals surface area contributed by atoms with Gasteiger partial charge in [0.1, 0.15) is 12.1 Å². The van der Waals surface area contributed by atoms with Crippen molar-refractivity contribution in [2.45, 2.75) is 13.8 Å². The SMILES string of the molecule is Cc1cc(C)c2c(N3CCN(C(=O)N(C)C)CC3)ncnc2n1. The molecule has 3 heterocycles. The highest BCUT2D eigenvalue weighted by molar-refractivity contribution is 5.90. The summed E-state index contributed by atoms with van der Waals surface area (Å²) in [7, 11) is 3.56. The van der Waals surface area contributed by atoms with Crippen LogP contribution in [0.25, 0.3) is 11.0 Å². The summed E-state index contributed by atoms with van der Waals surface area (Å²) in [6.07, 6.45) is 1.57. The van der Waals surface area contributed by atoms with E-state index < -0.39 is 0 Å². The second-order valence-corrected chi connectivity index (χ2v) is 6.13. The molecule has 7 nitrogen and oxygen atoms in total. The van der Waals surface area contributed by atoms with Gasteiger partial charge >= 0.3 is 6.03 Å². The van der Waals surface area contributed by atoms with Crippen LogP contribution in [0.15, 0.2) is 12.4 Å². The van der Waals surface area contributed by atoms with Crippen LogP contribution in [0.5, 0.6) is 0 Å². The molecule has 0 aromatic carbocycles. The van der Waals surface area contributed by atoms with E-state index >= 15 is 0 Å². The molecule has 1 fully saturated rings. The maximum absolute atomic E-state index is 12.0. The van der Waals surface area contributed by atoms with Gasteiger partial charge in [-0.25, -0.2) is 19.7 Å². The molecule has 0 unspecified atom stereocenters. The first-order valence-electron chi connectivity index (χ1n) is 7.77. The smallest absolute Gasteiger partial charge is 0.319 e. The lowest BCUT2D eigenvalue weighted by atomic mass is 10.1. The monoisotopic (exact) mass is 314 g/mol. The Labute approximate surface area is 135 Å². The number of urea groups is 1. The highest BCUT2D eigenvalue weighted by Crippen LogP contribution is 2.26. The van der Waals surface area contributed by atoms with E-state index in [-0.39, 0.29) is 6.03 Å². The Hall–Kier alpha value is -2.44. The van der Waals surface area contributed by atoms with Crippen molar-refractivity contribution in [3.8, 4) is 0 Å². The van der Waals surface area contributed by atoms with Crippen LogP contribution < -0.4 is 4.90 Å². The summed E-state index contributed by atoms with van der Waals surface area (Å²) in [5, 5.41) is 1.01. The third kappa shape index (κ3) is 2.91. The molecule has 1 aliphatic rings. The zero-order valence-corrected chi connectivity index (χ0v) is 14.1. The molecule has 0 bridgehead atoms. The maximum Gasteiger partial charge on any atom is 0.319 e. The van der Waals surface area contributed by atoms with Crippen molar-refractivity contribution < 1.29 is 4.79 Å². The van der Waals surface area contributed by atoms with Crippen LogP contribution in [0.3, 0.4) is 0 Å². The van der Waals surface area contributed by atoms with Crippen LogP contribution in [0.2, 0.25) is 0 Å². The number of piperazine rings is 1. The van der Waals surface area contributed by atoms with Gasteiger partial charge in [0.25, 0.3) is 0 Å². The van der Waals surface area contributed by atoms with Crippen molar-refractivity contribution >= 4 is 22.9 Å². The molecule has 0 radical (unpaired) electrons. The summed E-state index contributed by atoms with van der Waals surface area (Å²) in [4.78, 5) is 31.0. The third-order valence-corrected chi connectivity index (χ3v) is 4.14. The van der Waals surface area contributed by atoms with Crippen molar-refractivity contribution in [1.29, 1.82) is 0 Å². The number of carbonyl (C=O) groups excluding carboxylic acids is 1. The number of anilines is 1. The van der Waals surface area contributed by atoms with E-state index in [1.54, 1.807) is 25.3 Å². The summed E-state index contributed by atoms with van der Waals surface area (Å²) in [5.41, 5.74) is 2.83. The number of carbonyl (C=O) groups is 1. The Morgan fingerprint density at radius 2 is 1.83 bits per heavy atom. The summed E-state index contributed by atoms with van der Waals surface area (Å²) < 4.78 is 0. The summed E-state index contributed by atoms with van der Waals surface area (Å²) in [6, 6.07) is 2.12. The van der Waals surface area contributed by atoms with Gasteiger partial charge in [0.05, 0.1) is 5.39 Å². The molecule has 2 aromatic heterocycles. The molecule has 0 spiro atoms. The number of nitrogens with zero attached hydrogens (tertiary/aromatic N) is 6. The summed E-state index contributed by atoms with van der Waals surface area (Å²) in [5.74, 6) is 0.914. The van der Waals surface area contributed by atoms with E-state index in [2.05, 4.69) is 32.8 Å². The van der Waals surface area contributed by atoms with Crippen LogP contribution in [0.1, 0.15) is 11.3 Å². The number of fused-ring (bicyclic) bond motifs is 1. The van der Waals surface area contributed by atoms with Crippen LogP contribution in [-0.4, -0.2) is 71.1 Å². The molecular weight excluding hydrogens is 292 g/mol. The van der Waals surface area contributed by atoms with Crippen molar-refractivity contribution in [3.63, 3.8) is 0 Å². The Balaban J connectivity index is 1.87. The van der Waals surface area contributed by atoms with Gasteiger partial charge in [0, 0.05) is 46.0 Å². The summed E-state index contributed by atoms with van der Waals surface area (Å²) >= 11 is 0. The molecule has 7 heteroatoms. The minimum Gasteiger partial charge on any atom is -0.352 e. The Morgan fingerprint density at radius 1 is 1.13 bits per heavy atom. The molecule has 2 aromatic rings. The first-order valence-corrected chi connectivity index (χ1v) is 7.77. The van der Waals surface area contributed by atoms with Gasteiger partial charge < -0.3 is 14.7 Å². The van der Waals surface area contributed by atoms with E-state index in [0.717, 1.165) is 41.2 Å². The second kappa shape index (κ2) is 5.98. The number of amides is 2. The number of aromatic nitrogens is 3. The molecular formula is C16H22N6O. The van der Waals surface area contributed by atoms with Crippen LogP contribution >= 0.6 is 0 Å². The van der Waals surface area contributed by atoms with Crippen molar-refractivity contribution in [2.24, 2.45) is 0 Å². The Morgan fingerprint density at radius 3 is 2.48 bits per heavy atom. The number of hydrogen-bond acceptors (Lipinski definition) is 5. The van der Waals surface area contributed by atoms with Gasteiger partial charge in [-0.2, -0.15) is 0 Å². The van der Waals surface area contributed by atoms with Crippen molar-refractivity contribution in [2.75, 3.05) is 45.2 Å². The largest absolute Gasteiger partial charge is 0.352 e. The van der Waals surface area contributed by atoms with Crippen molar-refractivity contribution in [3.05, 3.63) is 23.7 Å². The highest BCUT2D eigenvalue weighted by atomic mass is 16.2. The van der Waals surface area contributed by atoms with Gasteiger partial charge in [-0.15, -0.1) is 0 Å². The van der Waals surface area contributed by atoms with Crippen molar-refractivity contribution in [1.82, 2.24) is 24.8 Å². The molecule has 0 atom stereocenters. The molecule has 3 rings (SSSR count).